The molecule has 1 aliphatic heterocycles. The Kier molecular flexibility index (Phi) is 1.96. The Morgan fingerprint density at radius 3 is 2.40 bits per heavy atom. The molecular formula is C10H12N4O. The molecule has 78 valence electrons. The van der Waals surface area contributed by atoms with E-state index in [0.29, 0.717) is 4.86 Å². The molecule has 0 radical (unpaired) electrons. The fraction of sp³-hybridized carbons (Fsp3) is 0.300. The molecule has 0 unspecified atom stereocenters. The van der Waals surface area contributed by atoms with E-state index in [1.54, 1.807) is 13.8 Å². The van der Waals surface area contributed by atoms with Crippen molar-refractivity contribution >= 4 is 11.5 Å². The zero-order valence-corrected chi connectivity index (χ0v) is 8.64. The largest absolute Gasteiger partial charge is 0.695 e. The molecule has 5 nitrogen and oxygen atoms in total. The summed E-state index contributed by atoms with van der Waals surface area (Å²) in [5.74, 6) is 0.184. The van der Waals surface area contributed by atoms with Gasteiger partial charge >= 0.3 is 0 Å². The lowest BCUT2D eigenvalue weighted by atomic mass is 10.1. The first kappa shape index (κ1) is 9.64. The monoisotopic (exact) mass is 204 g/mol. The predicted octanol–water partition coefficient (Wildman–Crippen LogP) is 2.14. The molecule has 0 amide bonds. The van der Waals surface area contributed by atoms with E-state index < -0.39 is 5.54 Å². The van der Waals surface area contributed by atoms with Crippen molar-refractivity contribution in [2.45, 2.75) is 19.4 Å². The molecule has 5 heteroatoms. The first-order valence-corrected chi connectivity index (χ1v) is 4.66. The standard InChI is InChI=1S/C10H12N4O/c1-10(2)9(11)13(12-14(10)15)8-6-4-3-5-7-8/h3-7,11H,1-2H3. The van der Waals surface area contributed by atoms with Gasteiger partial charge in [-0.3, -0.25) is 5.41 Å². The van der Waals surface area contributed by atoms with Crippen molar-refractivity contribution in [2.75, 3.05) is 5.01 Å². The summed E-state index contributed by atoms with van der Waals surface area (Å²) < 4.78 is 0. The molecule has 0 aromatic heterocycles. The molecule has 0 atom stereocenters. The highest BCUT2D eigenvalue weighted by Gasteiger charge is 2.45. The molecule has 0 spiro atoms. The van der Waals surface area contributed by atoms with Crippen LogP contribution in [0.5, 0.6) is 0 Å². The fourth-order valence-corrected chi connectivity index (χ4v) is 1.34. The van der Waals surface area contributed by atoms with Crippen LogP contribution < -0.4 is 5.01 Å². The average molecular weight is 204 g/mol. The predicted molar refractivity (Wildman–Crippen MR) is 56.8 cm³/mol. The third-order valence-corrected chi connectivity index (χ3v) is 2.44. The summed E-state index contributed by atoms with van der Waals surface area (Å²) in [5.41, 5.74) is -0.163. The van der Waals surface area contributed by atoms with Crippen LogP contribution >= 0.6 is 0 Å². The van der Waals surface area contributed by atoms with Crippen LogP contribution in [0.2, 0.25) is 0 Å². The molecule has 1 aromatic carbocycles. The van der Waals surface area contributed by atoms with E-state index in [1.807, 2.05) is 30.3 Å². The maximum Gasteiger partial charge on any atom is 0.266 e. The highest BCUT2D eigenvalue weighted by molar-refractivity contribution is 6.00. The smallest absolute Gasteiger partial charge is 0.266 e. The first-order chi connectivity index (χ1) is 7.03. The normalized spacial score (nSPS) is 19.2. The van der Waals surface area contributed by atoms with E-state index in [9.17, 15) is 5.21 Å². The van der Waals surface area contributed by atoms with Crippen LogP contribution in [-0.4, -0.2) is 16.2 Å². The Balaban J connectivity index is 2.40. The van der Waals surface area contributed by atoms with Crippen LogP contribution in [0.25, 0.3) is 0 Å². The third-order valence-electron chi connectivity index (χ3n) is 2.44. The molecule has 1 aromatic rings. The van der Waals surface area contributed by atoms with Gasteiger partial charge in [-0.1, -0.05) is 23.2 Å². The van der Waals surface area contributed by atoms with E-state index in [-0.39, 0.29) is 5.84 Å². The molecule has 0 fully saturated rings. The van der Waals surface area contributed by atoms with Crippen LogP contribution in [0.15, 0.2) is 35.6 Å². The minimum absolute atomic E-state index is 0.184. The molecule has 15 heavy (non-hydrogen) atoms. The molecule has 0 aliphatic carbocycles. The summed E-state index contributed by atoms with van der Waals surface area (Å²) >= 11 is 0. The Morgan fingerprint density at radius 2 is 1.93 bits per heavy atom. The topological polar surface area (TPSA) is 65.5 Å². The van der Waals surface area contributed by atoms with Gasteiger partial charge in [0.05, 0.1) is 5.22 Å². The number of para-hydroxylation sites is 1. The number of rotatable bonds is 1. The molecule has 0 saturated carbocycles. The van der Waals surface area contributed by atoms with E-state index in [4.69, 9.17) is 5.41 Å². The number of hydroxylamine groups is 1. The Morgan fingerprint density at radius 1 is 1.33 bits per heavy atom. The lowest BCUT2D eigenvalue weighted by molar-refractivity contribution is -0.574. The van der Waals surface area contributed by atoms with Crippen LogP contribution in [0.4, 0.5) is 5.69 Å². The van der Waals surface area contributed by atoms with Crippen LogP contribution in [0.1, 0.15) is 13.8 Å². The van der Waals surface area contributed by atoms with E-state index in [0.717, 1.165) is 5.69 Å². The lowest BCUT2D eigenvalue weighted by Gasteiger charge is -2.16. The average Bonchev–Trinajstić information content (AvgIpc) is 2.44. The van der Waals surface area contributed by atoms with Crippen LogP contribution in [-0.2, 0) is 0 Å². The number of benzene rings is 1. The summed E-state index contributed by atoms with van der Waals surface area (Å²) in [6.45, 7) is 3.35. The minimum atomic E-state index is -0.893. The van der Waals surface area contributed by atoms with Crippen molar-refractivity contribution in [3.8, 4) is 0 Å². The van der Waals surface area contributed by atoms with Crippen LogP contribution in [0.3, 0.4) is 0 Å². The van der Waals surface area contributed by atoms with Gasteiger partial charge in [0.2, 0.25) is 5.54 Å². The fourth-order valence-electron chi connectivity index (χ4n) is 1.34. The Labute approximate surface area is 87.7 Å². The molecule has 2 rings (SSSR count). The number of nitrogens with one attached hydrogen (secondary N) is 1. The van der Waals surface area contributed by atoms with Crippen molar-refractivity contribution in [1.29, 1.82) is 5.41 Å². The van der Waals surface area contributed by atoms with Crippen molar-refractivity contribution in [3.63, 3.8) is 0 Å². The van der Waals surface area contributed by atoms with Crippen molar-refractivity contribution in [3.05, 3.63) is 35.5 Å². The number of amidine groups is 1. The number of anilines is 1. The quantitative estimate of drug-likeness (QED) is 0.562. The second-order valence-electron chi connectivity index (χ2n) is 3.92. The molecule has 1 heterocycles. The first-order valence-electron chi connectivity index (χ1n) is 4.66. The van der Waals surface area contributed by atoms with E-state index >= 15 is 0 Å². The molecular weight excluding hydrogens is 192 g/mol. The van der Waals surface area contributed by atoms with Crippen LogP contribution in [0, 0.1) is 10.6 Å². The summed E-state index contributed by atoms with van der Waals surface area (Å²) in [7, 11) is 0. The van der Waals surface area contributed by atoms with Gasteiger partial charge in [-0.2, -0.15) is 4.86 Å². The Hall–Kier alpha value is -1.91. The van der Waals surface area contributed by atoms with Gasteiger partial charge in [-0.25, -0.2) is 0 Å². The maximum absolute atomic E-state index is 11.5. The van der Waals surface area contributed by atoms with Gasteiger partial charge in [0.1, 0.15) is 0 Å². The van der Waals surface area contributed by atoms with Crippen molar-refractivity contribution in [1.82, 2.24) is 0 Å². The van der Waals surface area contributed by atoms with E-state index in [1.165, 1.54) is 5.01 Å². The van der Waals surface area contributed by atoms with Gasteiger partial charge in [0, 0.05) is 0 Å². The van der Waals surface area contributed by atoms with Gasteiger partial charge < -0.3 is 5.21 Å². The summed E-state index contributed by atoms with van der Waals surface area (Å²) in [4.78, 5) is 0.558. The van der Waals surface area contributed by atoms with Crippen molar-refractivity contribution in [2.24, 2.45) is 5.22 Å². The molecule has 0 saturated heterocycles. The molecule has 1 aliphatic rings. The number of hydrogen-bond donors (Lipinski definition) is 1. The maximum atomic E-state index is 11.5. The lowest BCUT2D eigenvalue weighted by Crippen LogP contribution is -2.40. The number of nitrogens with zero attached hydrogens (tertiary/aromatic N) is 3. The summed E-state index contributed by atoms with van der Waals surface area (Å²) in [6, 6.07) is 9.20. The van der Waals surface area contributed by atoms with Gasteiger partial charge in [0.15, 0.2) is 5.69 Å². The highest BCUT2D eigenvalue weighted by atomic mass is 16.5. The molecule has 1 N–H and O–H groups in total. The van der Waals surface area contributed by atoms with Gasteiger partial charge in [0.25, 0.3) is 5.84 Å². The zero-order valence-electron chi connectivity index (χ0n) is 8.64. The van der Waals surface area contributed by atoms with E-state index in [2.05, 4.69) is 5.22 Å². The van der Waals surface area contributed by atoms with Gasteiger partial charge in [-0.05, 0) is 26.0 Å². The third kappa shape index (κ3) is 1.36. The minimum Gasteiger partial charge on any atom is -0.695 e. The highest BCUT2D eigenvalue weighted by Crippen LogP contribution is 2.26. The van der Waals surface area contributed by atoms with Gasteiger partial charge in [-0.15, -0.1) is 0 Å². The zero-order chi connectivity index (χ0) is 11.1. The number of hydrogen-bond acceptors (Lipinski definition) is 3. The molecule has 0 bridgehead atoms. The summed E-state index contributed by atoms with van der Waals surface area (Å²) in [5, 5.41) is 24.5. The summed E-state index contributed by atoms with van der Waals surface area (Å²) in [6.07, 6.45) is 0. The second-order valence-corrected chi connectivity index (χ2v) is 3.92. The second kappa shape index (κ2) is 3.05. The SMILES string of the molecule is CC1(C)C(=N)N(c2ccccc2)N=[N+]1[O-]. The van der Waals surface area contributed by atoms with Crippen molar-refractivity contribution < 1.29 is 4.86 Å². The Bertz CT molecular complexity index is 424.